The van der Waals surface area contributed by atoms with Crippen LogP contribution in [0.4, 0.5) is 0 Å². The minimum atomic E-state index is 0.634. The molecule has 1 heterocycles. The second-order valence-electron chi connectivity index (χ2n) is 6.78. The third-order valence-electron chi connectivity index (χ3n) is 4.54. The number of hydrogen-bond acceptors (Lipinski definition) is 1. The van der Waals surface area contributed by atoms with Gasteiger partial charge in [0.05, 0.1) is 0 Å². The molecule has 1 aromatic carbocycles. The summed E-state index contributed by atoms with van der Waals surface area (Å²) in [6.07, 6.45) is 2.79. The van der Waals surface area contributed by atoms with Gasteiger partial charge in [-0.2, -0.15) is 0 Å². The molecule has 0 N–H and O–H groups in total. The van der Waals surface area contributed by atoms with Crippen molar-refractivity contribution in [3.63, 3.8) is 0 Å². The van der Waals surface area contributed by atoms with Crippen molar-refractivity contribution < 1.29 is 0 Å². The van der Waals surface area contributed by atoms with Gasteiger partial charge < -0.3 is 0 Å². The maximum absolute atomic E-state index is 2.64. The molecule has 1 saturated heterocycles. The summed E-state index contributed by atoms with van der Waals surface area (Å²) in [7, 11) is 0. The molecule has 1 unspecified atom stereocenters. The number of hydrogen-bond donors (Lipinski definition) is 0. The van der Waals surface area contributed by atoms with Crippen molar-refractivity contribution in [3.8, 4) is 0 Å². The summed E-state index contributed by atoms with van der Waals surface area (Å²) in [5.74, 6) is 2.35. The van der Waals surface area contributed by atoms with Gasteiger partial charge >= 0.3 is 0 Å². The van der Waals surface area contributed by atoms with E-state index in [-0.39, 0.29) is 0 Å². The molecular weight excluding hydrogens is 230 g/mol. The Morgan fingerprint density at radius 3 is 2.37 bits per heavy atom. The van der Waals surface area contributed by atoms with Crippen molar-refractivity contribution in [3.05, 3.63) is 35.4 Å². The number of benzene rings is 1. The van der Waals surface area contributed by atoms with Crippen molar-refractivity contribution in [2.45, 2.75) is 53.0 Å². The zero-order chi connectivity index (χ0) is 13.8. The molecule has 1 atom stereocenters. The average Bonchev–Trinajstić information content (AvgIpc) is 2.39. The molecular formula is C18H29N. The third kappa shape index (κ3) is 4.07. The second-order valence-corrected chi connectivity index (χ2v) is 6.78. The molecule has 106 valence electrons. The van der Waals surface area contributed by atoms with Gasteiger partial charge in [-0.15, -0.1) is 0 Å². The smallest absolute Gasteiger partial charge is 0.0233 e. The highest BCUT2D eigenvalue weighted by atomic mass is 15.1. The molecule has 19 heavy (non-hydrogen) atoms. The molecule has 2 rings (SSSR count). The highest BCUT2D eigenvalue weighted by molar-refractivity contribution is 5.24. The van der Waals surface area contributed by atoms with E-state index in [2.05, 4.69) is 56.9 Å². The van der Waals surface area contributed by atoms with Crippen LogP contribution in [-0.2, 0) is 6.54 Å². The van der Waals surface area contributed by atoms with E-state index in [9.17, 15) is 0 Å². The fourth-order valence-electron chi connectivity index (χ4n) is 3.05. The van der Waals surface area contributed by atoms with Crippen LogP contribution in [0.15, 0.2) is 24.3 Å². The molecule has 1 nitrogen and oxygen atoms in total. The fraction of sp³-hybridized carbons (Fsp3) is 0.667. The molecule has 0 radical (unpaired) electrons. The van der Waals surface area contributed by atoms with Gasteiger partial charge in [0.15, 0.2) is 0 Å². The van der Waals surface area contributed by atoms with Gasteiger partial charge in [-0.05, 0) is 48.3 Å². The minimum Gasteiger partial charge on any atom is -0.299 e. The van der Waals surface area contributed by atoms with E-state index >= 15 is 0 Å². The Morgan fingerprint density at radius 2 is 1.79 bits per heavy atom. The number of nitrogens with zero attached hydrogens (tertiary/aromatic N) is 1. The van der Waals surface area contributed by atoms with Crippen LogP contribution in [0.5, 0.6) is 0 Å². The summed E-state index contributed by atoms with van der Waals surface area (Å²) < 4.78 is 0. The highest BCUT2D eigenvalue weighted by Crippen LogP contribution is 2.25. The molecule has 0 bridgehead atoms. The first kappa shape index (κ1) is 14.6. The van der Waals surface area contributed by atoms with Crippen molar-refractivity contribution in [2.75, 3.05) is 13.1 Å². The van der Waals surface area contributed by atoms with Gasteiger partial charge in [0.2, 0.25) is 0 Å². The van der Waals surface area contributed by atoms with Crippen molar-refractivity contribution >= 4 is 0 Å². The molecule has 1 heteroatoms. The van der Waals surface area contributed by atoms with Crippen LogP contribution >= 0.6 is 0 Å². The molecule has 1 aliphatic heterocycles. The van der Waals surface area contributed by atoms with Gasteiger partial charge in [-0.25, -0.2) is 0 Å². The van der Waals surface area contributed by atoms with Crippen LogP contribution in [-0.4, -0.2) is 18.0 Å². The summed E-state index contributed by atoms with van der Waals surface area (Å²) in [5, 5.41) is 0. The number of rotatable bonds is 4. The zero-order valence-electron chi connectivity index (χ0n) is 13.0. The topological polar surface area (TPSA) is 3.24 Å². The molecule has 0 aliphatic carbocycles. The van der Waals surface area contributed by atoms with E-state index in [0.717, 1.165) is 18.4 Å². The van der Waals surface area contributed by atoms with Gasteiger partial charge in [0.1, 0.15) is 0 Å². The predicted molar refractivity (Wildman–Crippen MR) is 83.4 cm³/mol. The van der Waals surface area contributed by atoms with E-state index in [0.29, 0.717) is 5.92 Å². The largest absolute Gasteiger partial charge is 0.299 e. The second kappa shape index (κ2) is 6.56. The van der Waals surface area contributed by atoms with Gasteiger partial charge in [0.25, 0.3) is 0 Å². The molecule has 0 spiro atoms. The first-order valence-corrected chi connectivity index (χ1v) is 7.87. The van der Waals surface area contributed by atoms with Crippen LogP contribution in [0.25, 0.3) is 0 Å². The van der Waals surface area contributed by atoms with E-state index in [1.54, 1.807) is 0 Å². The number of piperidine rings is 1. The Morgan fingerprint density at radius 1 is 1.11 bits per heavy atom. The van der Waals surface area contributed by atoms with Gasteiger partial charge in [-0.3, -0.25) is 4.90 Å². The lowest BCUT2D eigenvalue weighted by atomic mass is 9.88. The molecule has 1 fully saturated rings. The van der Waals surface area contributed by atoms with Crippen LogP contribution < -0.4 is 0 Å². The summed E-state index contributed by atoms with van der Waals surface area (Å²) in [5.41, 5.74) is 2.91. The maximum Gasteiger partial charge on any atom is 0.0233 e. The fourth-order valence-corrected chi connectivity index (χ4v) is 3.05. The zero-order valence-corrected chi connectivity index (χ0v) is 13.0. The van der Waals surface area contributed by atoms with E-state index in [1.165, 1.54) is 37.1 Å². The van der Waals surface area contributed by atoms with Crippen molar-refractivity contribution in [1.82, 2.24) is 4.90 Å². The predicted octanol–water partition coefficient (Wildman–Crippen LogP) is 4.68. The molecule has 0 aromatic heterocycles. The van der Waals surface area contributed by atoms with Crippen LogP contribution in [0.1, 0.15) is 57.6 Å². The number of likely N-dealkylation sites (tertiary alicyclic amines) is 1. The van der Waals surface area contributed by atoms with Crippen molar-refractivity contribution in [2.24, 2.45) is 11.8 Å². The molecule has 1 aliphatic rings. The minimum absolute atomic E-state index is 0.634. The Balaban J connectivity index is 1.93. The Hall–Kier alpha value is -0.820. The van der Waals surface area contributed by atoms with Crippen molar-refractivity contribution in [1.29, 1.82) is 0 Å². The van der Waals surface area contributed by atoms with E-state index in [1.807, 2.05) is 0 Å². The summed E-state index contributed by atoms with van der Waals surface area (Å²) >= 11 is 0. The van der Waals surface area contributed by atoms with Crippen LogP contribution in [0.3, 0.4) is 0 Å². The van der Waals surface area contributed by atoms with Gasteiger partial charge in [-0.1, -0.05) is 52.0 Å². The molecule has 0 saturated carbocycles. The first-order valence-electron chi connectivity index (χ1n) is 7.87. The Labute approximate surface area is 119 Å². The maximum atomic E-state index is 2.64. The lowest BCUT2D eigenvalue weighted by Crippen LogP contribution is -2.36. The lowest BCUT2D eigenvalue weighted by molar-refractivity contribution is 0.139. The molecule has 1 aromatic rings. The monoisotopic (exact) mass is 259 g/mol. The summed E-state index contributed by atoms with van der Waals surface area (Å²) in [4.78, 5) is 2.64. The Bertz CT molecular complexity index is 377. The SMILES string of the molecule is CC(C)c1ccc(CN2CCCC(C(C)C)C2)cc1. The third-order valence-corrected chi connectivity index (χ3v) is 4.54. The van der Waals surface area contributed by atoms with Crippen LogP contribution in [0.2, 0.25) is 0 Å². The Kier molecular flexibility index (Phi) is 5.04. The summed E-state index contributed by atoms with van der Waals surface area (Å²) in [6.45, 7) is 12.9. The summed E-state index contributed by atoms with van der Waals surface area (Å²) in [6, 6.07) is 9.22. The van der Waals surface area contributed by atoms with Crippen LogP contribution in [0, 0.1) is 11.8 Å². The lowest BCUT2D eigenvalue weighted by Gasteiger charge is -2.34. The molecule has 0 amide bonds. The average molecular weight is 259 g/mol. The first-order chi connectivity index (χ1) is 9.06. The highest BCUT2D eigenvalue weighted by Gasteiger charge is 2.22. The quantitative estimate of drug-likeness (QED) is 0.759. The normalized spacial score (nSPS) is 21.3. The van der Waals surface area contributed by atoms with E-state index < -0.39 is 0 Å². The van der Waals surface area contributed by atoms with Gasteiger partial charge in [0, 0.05) is 13.1 Å². The van der Waals surface area contributed by atoms with E-state index in [4.69, 9.17) is 0 Å². The standard InChI is InChI=1S/C18H29N/c1-14(2)17-9-7-16(8-10-17)12-19-11-5-6-18(13-19)15(3)4/h7-10,14-15,18H,5-6,11-13H2,1-4H3.